The first kappa shape index (κ1) is 23.3. The molecule has 10 heteroatoms. The Labute approximate surface area is 198 Å². The number of rotatable bonds is 7. The van der Waals surface area contributed by atoms with Crippen LogP contribution < -0.4 is 14.9 Å². The van der Waals surface area contributed by atoms with Crippen molar-refractivity contribution in [3.8, 4) is 0 Å². The van der Waals surface area contributed by atoms with Crippen LogP contribution in [0.2, 0.25) is 10.0 Å². The van der Waals surface area contributed by atoms with Crippen LogP contribution in [0.5, 0.6) is 0 Å². The second-order valence-electron chi connectivity index (χ2n) is 8.08. The molecule has 1 saturated carbocycles. The van der Waals surface area contributed by atoms with E-state index in [-0.39, 0.29) is 26.5 Å². The van der Waals surface area contributed by atoms with E-state index in [1.54, 1.807) is 0 Å². The fourth-order valence-corrected chi connectivity index (χ4v) is 5.83. The van der Waals surface area contributed by atoms with Crippen molar-refractivity contribution in [3.05, 3.63) is 52.0 Å². The third-order valence-electron chi connectivity index (χ3n) is 5.76. The van der Waals surface area contributed by atoms with Crippen LogP contribution in [0.3, 0.4) is 0 Å². The molecule has 2 aromatic carbocycles. The quantitative estimate of drug-likeness (QED) is 0.608. The third-order valence-corrected chi connectivity index (χ3v) is 8.06. The monoisotopic (exact) mass is 496 g/mol. The number of carbonyl (C=O) groups excluding carboxylic acids is 1. The number of amides is 1. The molecule has 1 heterocycles. The van der Waals surface area contributed by atoms with Crippen LogP contribution >= 0.6 is 23.2 Å². The van der Waals surface area contributed by atoms with Gasteiger partial charge in [-0.2, -0.15) is 0 Å². The van der Waals surface area contributed by atoms with E-state index < -0.39 is 15.9 Å². The minimum Gasteiger partial charge on any atom is -0.369 e. The second kappa shape index (κ2) is 9.57. The molecule has 2 aliphatic rings. The first-order chi connectivity index (χ1) is 15.3. The van der Waals surface area contributed by atoms with Gasteiger partial charge in [-0.3, -0.25) is 4.79 Å². The number of sulfonamides is 1. The molecule has 1 amide bonds. The van der Waals surface area contributed by atoms with Gasteiger partial charge in [-0.15, -0.1) is 0 Å². The van der Waals surface area contributed by atoms with Gasteiger partial charge >= 0.3 is 0 Å². The first-order valence-electron chi connectivity index (χ1n) is 10.7. The molecular weight excluding hydrogens is 471 g/mol. The summed E-state index contributed by atoms with van der Waals surface area (Å²) in [5.41, 5.74) is 1.74. The maximum absolute atomic E-state index is 12.8. The minimum absolute atomic E-state index is 0.0211. The summed E-state index contributed by atoms with van der Waals surface area (Å²) in [7, 11) is -3.83. The highest BCUT2D eigenvalue weighted by atomic mass is 35.5. The zero-order valence-corrected chi connectivity index (χ0v) is 20.1. The van der Waals surface area contributed by atoms with E-state index >= 15 is 0 Å². The lowest BCUT2D eigenvalue weighted by Crippen LogP contribution is -2.46. The summed E-state index contributed by atoms with van der Waals surface area (Å²) < 4.78 is 27.8. The summed E-state index contributed by atoms with van der Waals surface area (Å²) in [6, 6.07) is 10.0. The zero-order chi connectivity index (χ0) is 22.9. The van der Waals surface area contributed by atoms with Crippen molar-refractivity contribution in [2.24, 2.45) is 0 Å². The van der Waals surface area contributed by atoms with Crippen LogP contribution in [-0.4, -0.2) is 58.0 Å². The van der Waals surface area contributed by atoms with Crippen LogP contribution in [0.15, 0.2) is 41.3 Å². The lowest BCUT2D eigenvalue weighted by atomic mass is 10.2. The van der Waals surface area contributed by atoms with Crippen LogP contribution in [0.25, 0.3) is 0 Å². The van der Waals surface area contributed by atoms with Gasteiger partial charge in [-0.05, 0) is 55.8 Å². The fourth-order valence-electron chi connectivity index (χ4n) is 3.67. The van der Waals surface area contributed by atoms with Crippen molar-refractivity contribution < 1.29 is 13.2 Å². The van der Waals surface area contributed by atoms with Crippen molar-refractivity contribution >= 4 is 50.5 Å². The average Bonchev–Trinajstić information content (AvgIpc) is 3.57. The number of halogens is 2. The van der Waals surface area contributed by atoms with Crippen LogP contribution in [-0.2, 0) is 10.0 Å². The zero-order valence-electron chi connectivity index (χ0n) is 17.8. The van der Waals surface area contributed by atoms with E-state index in [0.29, 0.717) is 5.69 Å². The number of anilines is 2. The SMILES string of the molecule is CCN1CCN(c2ccc(NC(=O)c3cc(S(=O)(=O)NC4CC4)c(Cl)cc3Cl)cc2)CC1. The van der Waals surface area contributed by atoms with E-state index in [1.165, 1.54) is 12.1 Å². The number of carbonyl (C=O) groups is 1. The van der Waals surface area contributed by atoms with E-state index in [4.69, 9.17) is 23.2 Å². The van der Waals surface area contributed by atoms with E-state index in [9.17, 15) is 13.2 Å². The van der Waals surface area contributed by atoms with Gasteiger partial charge in [-0.25, -0.2) is 13.1 Å². The van der Waals surface area contributed by atoms with Gasteiger partial charge in [0.1, 0.15) is 4.90 Å². The van der Waals surface area contributed by atoms with Crippen LogP contribution in [0.1, 0.15) is 30.1 Å². The van der Waals surface area contributed by atoms with Crippen molar-refractivity contribution in [3.63, 3.8) is 0 Å². The fraction of sp³-hybridized carbons (Fsp3) is 0.409. The third kappa shape index (κ3) is 5.38. The van der Waals surface area contributed by atoms with Crippen molar-refractivity contribution in [1.29, 1.82) is 0 Å². The van der Waals surface area contributed by atoms with Crippen molar-refractivity contribution in [1.82, 2.24) is 9.62 Å². The normalized spacial score (nSPS) is 17.4. The Kier molecular flexibility index (Phi) is 6.97. The molecular formula is C22H26Cl2N4O3S. The number of piperazine rings is 1. The van der Waals surface area contributed by atoms with Crippen LogP contribution in [0.4, 0.5) is 11.4 Å². The molecule has 7 nitrogen and oxygen atoms in total. The Hall–Kier alpha value is -1.84. The first-order valence-corrected chi connectivity index (χ1v) is 12.9. The summed E-state index contributed by atoms with van der Waals surface area (Å²) in [5.74, 6) is -0.501. The largest absolute Gasteiger partial charge is 0.369 e. The highest BCUT2D eigenvalue weighted by Gasteiger charge is 2.30. The molecule has 2 N–H and O–H groups in total. The summed E-state index contributed by atoms with van der Waals surface area (Å²) in [6.07, 6.45) is 1.59. The van der Waals surface area contributed by atoms with E-state index in [2.05, 4.69) is 26.8 Å². The molecule has 0 radical (unpaired) electrons. The molecule has 32 heavy (non-hydrogen) atoms. The molecule has 1 aliphatic heterocycles. The van der Waals surface area contributed by atoms with Gasteiger partial charge in [0.25, 0.3) is 5.91 Å². The van der Waals surface area contributed by atoms with Gasteiger partial charge < -0.3 is 15.1 Å². The maximum Gasteiger partial charge on any atom is 0.257 e. The highest BCUT2D eigenvalue weighted by molar-refractivity contribution is 7.89. The predicted octanol–water partition coefficient (Wildman–Crippen LogP) is 3.83. The smallest absolute Gasteiger partial charge is 0.257 e. The molecule has 1 saturated heterocycles. The second-order valence-corrected chi connectivity index (χ2v) is 10.6. The molecule has 0 unspecified atom stereocenters. The molecule has 172 valence electrons. The Bertz CT molecular complexity index is 1100. The Balaban J connectivity index is 1.47. The minimum atomic E-state index is -3.83. The van der Waals surface area contributed by atoms with E-state index in [0.717, 1.165) is 51.3 Å². The summed E-state index contributed by atoms with van der Waals surface area (Å²) in [6.45, 7) is 7.22. The molecule has 2 aromatic rings. The van der Waals surface area contributed by atoms with E-state index in [1.807, 2.05) is 24.3 Å². The van der Waals surface area contributed by atoms with Crippen molar-refractivity contribution in [2.75, 3.05) is 42.9 Å². The molecule has 0 spiro atoms. The summed E-state index contributed by atoms with van der Waals surface area (Å²) >= 11 is 12.3. The van der Waals surface area contributed by atoms with Gasteiger partial charge in [0.2, 0.25) is 10.0 Å². The number of hydrogen-bond acceptors (Lipinski definition) is 5. The topological polar surface area (TPSA) is 81.8 Å². The summed E-state index contributed by atoms with van der Waals surface area (Å²) in [5, 5.41) is 2.85. The predicted molar refractivity (Wildman–Crippen MR) is 129 cm³/mol. The van der Waals surface area contributed by atoms with Crippen LogP contribution in [0, 0.1) is 0 Å². The Morgan fingerprint density at radius 2 is 1.69 bits per heavy atom. The molecule has 0 atom stereocenters. The molecule has 0 bridgehead atoms. The lowest BCUT2D eigenvalue weighted by molar-refractivity contribution is 0.102. The van der Waals surface area contributed by atoms with Crippen molar-refractivity contribution in [2.45, 2.75) is 30.7 Å². The van der Waals surface area contributed by atoms with Gasteiger partial charge in [0.15, 0.2) is 0 Å². The molecule has 2 fully saturated rings. The number of benzene rings is 2. The highest BCUT2D eigenvalue weighted by Crippen LogP contribution is 2.31. The standard InChI is InChI=1S/C22H26Cl2N4O3S/c1-2-27-9-11-28(12-10-27)17-7-5-15(6-8-17)25-22(29)18-13-21(20(24)14-19(18)23)32(30,31)26-16-3-4-16/h5-8,13-14,16,26H,2-4,9-12H2,1H3,(H,25,29). The van der Waals surface area contributed by atoms with Gasteiger partial charge in [0, 0.05) is 43.6 Å². The average molecular weight is 497 g/mol. The number of nitrogens with zero attached hydrogens (tertiary/aromatic N) is 2. The van der Waals surface area contributed by atoms with Gasteiger partial charge in [-0.1, -0.05) is 30.1 Å². The maximum atomic E-state index is 12.8. The Morgan fingerprint density at radius 3 is 2.28 bits per heavy atom. The number of hydrogen-bond donors (Lipinski definition) is 2. The molecule has 0 aromatic heterocycles. The summed E-state index contributed by atoms with van der Waals surface area (Å²) in [4.78, 5) is 17.4. The number of nitrogens with one attached hydrogen (secondary N) is 2. The lowest BCUT2D eigenvalue weighted by Gasteiger charge is -2.35. The molecule has 1 aliphatic carbocycles. The van der Waals surface area contributed by atoms with Gasteiger partial charge in [0.05, 0.1) is 15.6 Å². The Morgan fingerprint density at radius 1 is 1.03 bits per heavy atom. The number of likely N-dealkylation sites (N-methyl/N-ethyl adjacent to an activating group) is 1. The molecule has 4 rings (SSSR count).